The zero-order chi connectivity index (χ0) is 31.7. The Kier molecular flexibility index (Phi) is 15.4. The Morgan fingerprint density at radius 1 is 0.956 bits per heavy atom. The molecule has 0 radical (unpaired) electrons. The Bertz CT molecular complexity index is 1180. The van der Waals surface area contributed by atoms with Crippen molar-refractivity contribution in [1.82, 2.24) is 24.9 Å². The molecule has 0 spiro atoms. The van der Waals surface area contributed by atoms with Crippen LogP contribution >= 0.6 is 11.3 Å². The van der Waals surface area contributed by atoms with Gasteiger partial charge in [-0.25, -0.2) is 0 Å². The van der Waals surface area contributed by atoms with E-state index >= 15 is 0 Å². The van der Waals surface area contributed by atoms with Gasteiger partial charge in [0.05, 0.1) is 13.2 Å². The van der Waals surface area contributed by atoms with E-state index in [9.17, 15) is 9.59 Å². The molecule has 0 saturated carbocycles. The van der Waals surface area contributed by atoms with Crippen molar-refractivity contribution in [3.63, 3.8) is 0 Å². The van der Waals surface area contributed by atoms with Gasteiger partial charge in [0.15, 0.2) is 0 Å². The maximum atomic E-state index is 14.1. The highest BCUT2D eigenvalue weighted by Crippen LogP contribution is 2.34. The number of nitrogens with zero attached hydrogens (tertiary/aromatic N) is 4. The van der Waals surface area contributed by atoms with E-state index in [0.29, 0.717) is 19.5 Å². The minimum absolute atomic E-state index is 0.0611. The smallest absolute Gasteiger partial charge is 0.248 e. The van der Waals surface area contributed by atoms with Crippen LogP contribution in [0, 0.1) is 0 Å². The number of nitrogens with one attached hydrogen (secondary N) is 1. The van der Waals surface area contributed by atoms with Crippen LogP contribution in [0.2, 0.25) is 0 Å². The number of allylic oxidation sites excluding steroid dienone is 2. The number of benzene rings is 1. The van der Waals surface area contributed by atoms with Gasteiger partial charge in [-0.05, 0) is 75.1 Å². The number of carbonyl (C=O) groups excluding carboxylic acids is 2. The van der Waals surface area contributed by atoms with E-state index in [-0.39, 0.29) is 11.8 Å². The molecule has 8 nitrogen and oxygen atoms in total. The summed E-state index contributed by atoms with van der Waals surface area (Å²) >= 11 is 1.63. The fourth-order valence-electron chi connectivity index (χ4n) is 6.03. The lowest BCUT2D eigenvalue weighted by molar-refractivity contribution is -0.141. The highest BCUT2D eigenvalue weighted by atomic mass is 32.1. The van der Waals surface area contributed by atoms with Gasteiger partial charge in [0.2, 0.25) is 11.8 Å². The predicted molar refractivity (Wildman–Crippen MR) is 187 cm³/mol. The van der Waals surface area contributed by atoms with Crippen molar-refractivity contribution in [2.75, 3.05) is 78.7 Å². The molecule has 2 aromatic rings. The van der Waals surface area contributed by atoms with E-state index in [0.717, 1.165) is 93.4 Å². The number of morpholine rings is 1. The number of carbonyl (C=O) groups is 2. The third kappa shape index (κ3) is 11.5. The van der Waals surface area contributed by atoms with Crippen molar-refractivity contribution in [2.45, 2.75) is 64.8 Å². The molecule has 45 heavy (non-hydrogen) atoms. The number of amides is 2. The number of rotatable bonds is 20. The Morgan fingerprint density at radius 2 is 1.71 bits per heavy atom. The SMILES string of the molecule is CCCCN(CCCC)CCCN(C(=O)CCCN1C=CC=CC1)C(C(=O)NCCN1CCOCC1)c1cc2ccccc2s1. The van der Waals surface area contributed by atoms with Crippen molar-refractivity contribution < 1.29 is 14.3 Å². The Morgan fingerprint density at radius 3 is 2.42 bits per heavy atom. The summed E-state index contributed by atoms with van der Waals surface area (Å²) < 4.78 is 6.63. The second-order valence-corrected chi connectivity index (χ2v) is 13.3. The Hall–Kier alpha value is -2.72. The zero-order valence-corrected chi connectivity index (χ0v) is 28.4. The number of thiophene rings is 1. The number of hydrogen-bond donors (Lipinski definition) is 1. The van der Waals surface area contributed by atoms with Gasteiger partial charge < -0.3 is 24.8 Å². The van der Waals surface area contributed by atoms with Gasteiger partial charge in [0, 0.05) is 61.8 Å². The maximum absolute atomic E-state index is 14.1. The third-order valence-electron chi connectivity index (χ3n) is 8.67. The number of unbranched alkanes of at least 4 members (excludes halogenated alkanes) is 2. The predicted octanol–water partition coefficient (Wildman–Crippen LogP) is 5.68. The first kappa shape index (κ1) is 35.1. The Labute approximate surface area is 275 Å². The van der Waals surface area contributed by atoms with Crippen LogP contribution in [0.4, 0.5) is 0 Å². The van der Waals surface area contributed by atoms with Crippen molar-refractivity contribution in [3.05, 3.63) is 59.6 Å². The minimum atomic E-state index is -0.642. The zero-order valence-electron chi connectivity index (χ0n) is 27.6. The van der Waals surface area contributed by atoms with Gasteiger partial charge in [0.25, 0.3) is 0 Å². The molecule has 1 aromatic heterocycles. The highest BCUT2D eigenvalue weighted by molar-refractivity contribution is 7.19. The molecule has 1 saturated heterocycles. The van der Waals surface area contributed by atoms with Crippen molar-refractivity contribution in [1.29, 1.82) is 0 Å². The molecule has 4 rings (SSSR count). The largest absolute Gasteiger partial charge is 0.379 e. The molecule has 3 heterocycles. The molecule has 1 N–H and O–H groups in total. The molecule has 2 aliphatic rings. The van der Waals surface area contributed by atoms with Crippen LogP contribution in [0.15, 0.2) is 54.8 Å². The minimum Gasteiger partial charge on any atom is -0.379 e. The summed E-state index contributed by atoms with van der Waals surface area (Å²) in [5.41, 5.74) is 0. The first-order valence-corrected chi connectivity index (χ1v) is 18.1. The van der Waals surface area contributed by atoms with Crippen molar-refractivity contribution in [3.8, 4) is 0 Å². The summed E-state index contributed by atoms with van der Waals surface area (Å²) in [6.07, 6.45) is 15.1. The monoisotopic (exact) mass is 637 g/mol. The first-order valence-electron chi connectivity index (χ1n) is 17.2. The van der Waals surface area contributed by atoms with Gasteiger partial charge in [-0.3, -0.25) is 14.5 Å². The van der Waals surface area contributed by atoms with Gasteiger partial charge in [0.1, 0.15) is 6.04 Å². The van der Waals surface area contributed by atoms with Crippen LogP contribution in [0.5, 0.6) is 0 Å². The summed E-state index contributed by atoms with van der Waals surface area (Å²) in [6, 6.07) is 9.74. The molecule has 0 bridgehead atoms. The number of fused-ring (bicyclic) bond motifs is 1. The van der Waals surface area contributed by atoms with E-state index in [1.54, 1.807) is 11.3 Å². The van der Waals surface area contributed by atoms with Gasteiger partial charge in [-0.1, -0.05) is 57.0 Å². The second-order valence-electron chi connectivity index (χ2n) is 12.2. The summed E-state index contributed by atoms with van der Waals surface area (Å²) in [7, 11) is 0. The number of hydrogen-bond acceptors (Lipinski definition) is 7. The molecule has 1 aromatic carbocycles. The molecular weight excluding hydrogens is 582 g/mol. The molecule has 2 aliphatic heterocycles. The van der Waals surface area contributed by atoms with E-state index in [2.05, 4.69) is 70.4 Å². The van der Waals surface area contributed by atoms with Crippen molar-refractivity contribution >= 4 is 33.2 Å². The molecule has 2 amide bonds. The topological polar surface area (TPSA) is 68.4 Å². The molecule has 1 unspecified atom stereocenters. The first-order chi connectivity index (χ1) is 22.1. The van der Waals surface area contributed by atoms with Gasteiger partial charge >= 0.3 is 0 Å². The molecular formula is C36H55N5O3S. The van der Waals surface area contributed by atoms with Crippen LogP contribution in [-0.4, -0.2) is 110 Å². The van der Waals surface area contributed by atoms with Gasteiger partial charge in [-0.2, -0.15) is 0 Å². The normalized spacial score (nSPS) is 16.0. The highest BCUT2D eigenvalue weighted by Gasteiger charge is 2.32. The van der Waals surface area contributed by atoms with E-state index in [4.69, 9.17) is 4.74 Å². The van der Waals surface area contributed by atoms with Crippen LogP contribution in [0.25, 0.3) is 10.1 Å². The van der Waals surface area contributed by atoms with E-state index in [1.807, 2.05) is 23.1 Å². The van der Waals surface area contributed by atoms with Crippen LogP contribution < -0.4 is 5.32 Å². The van der Waals surface area contributed by atoms with Crippen molar-refractivity contribution in [2.24, 2.45) is 0 Å². The van der Waals surface area contributed by atoms with E-state index < -0.39 is 6.04 Å². The average Bonchev–Trinajstić information content (AvgIpc) is 3.50. The van der Waals surface area contributed by atoms with E-state index in [1.165, 1.54) is 25.7 Å². The van der Waals surface area contributed by atoms with Crippen LogP contribution in [-0.2, 0) is 14.3 Å². The fraction of sp³-hybridized carbons (Fsp3) is 0.611. The number of ether oxygens (including phenoxy) is 1. The lowest BCUT2D eigenvalue weighted by Gasteiger charge is -2.32. The molecule has 0 aliphatic carbocycles. The van der Waals surface area contributed by atoms with Gasteiger partial charge in [-0.15, -0.1) is 11.3 Å². The summed E-state index contributed by atoms with van der Waals surface area (Å²) in [6.45, 7) is 14.4. The van der Waals surface area contributed by atoms with Crippen LogP contribution in [0.1, 0.15) is 69.7 Å². The second kappa shape index (κ2) is 19.7. The molecule has 1 atom stereocenters. The fourth-order valence-corrected chi connectivity index (χ4v) is 7.21. The standard InChI is InChI=1S/C36H55N5O3S/c1-3-5-18-38(19-6-4-2)23-13-24-41(34(42)16-12-22-39-20-10-7-11-21-39)35(33-30-31-14-8-9-15-32(31)45-33)36(43)37-17-25-40-26-28-44-29-27-40/h7-11,14-15,20,30,35H,3-6,12-13,16-19,21-29H2,1-2H3,(H,37,43). The quantitative estimate of drug-likeness (QED) is 0.202. The summed E-state index contributed by atoms with van der Waals surface area (Å²) in [5, 5.41) is 4.34. The summed E-state index contributed by atoms with van der Waals surface area (Å²) in [4.78, 5) is 38.2. The lowest BCUT2D eigenvalue weighted by atomic mass is 10.1. The summed E-state index contributed by atoms with van der Waals surface area (Å²) in [5.74, 6) is -0.0212. The molecule has 1 fully saturated rings. The lowest BCUT2D eigenvalue weighted by Crippen LogP contribution is -2.47. The maximum Gasteiger partial charge on any atom is 0.248 e. The Balaban J connectivity index is 1.52. The molecule has 248 valence electrons. The molecule has 9 heteroatoms. The average molecular weight is 638 g/mol. The van der Waals surface area contributed by atoms with Crippen LogP contribution in [0.3, 0.4) is 0 Å². The third-order valence-corrected chi connectivity index (χ3v) is 9.84.